The summed E-state index contributed by atoms with van der Waals surface area (Å²) in [4.78, 5) is 32.1. The number of amides is 2. The molecule has 1 aliphatic heterocycles. The number of carbonyl (C=O) groups is 2. The largest absolute Gasteiger partial charge is 0.354 e. The number of fused-ring (bicyclic) bond motifs is 2. The highest BCUT2D eigenvalue weighted by Gasteiger charge is 2.41. The molecule has 1 aromatic heterocycles. The molecular formula is C31H33N3O2. The Morgan fingerprint density at radius 2 is 1.69 bits per heavy atom. The predicted molar refractivity (Wildman–Crippen MR) is 145 cm³/mol. The number of aromatic amines is 1. The summed E-state index contributed by atoms with van der Waals surface area (Å²) in [7, 11) is 0. The average Bonchev–Trinajstić information content (AvgIpc) is 3.40. The second-order valence-electron chi connectivity index (χ2n) is 9.71. The molecule has 36 heavy (non-hydrogen) atoms. The van der Waals surface area contributed by atoms with Crippen molar-refractivity contribution in [3.8, 4) is 11.3 Å². The number of benzene rings is 3. The van der Waals surface area contributed by atoms with E-state index in [4.69, 9.17) is 0 Å². The molecule has 0 saturated heterocycles. The maximum Gasteiger partial charge on any atom is 0.255 e. The van der Waals surface area contributed by atoms with Gasteiger partial charge in [-0.1, -0.05) is 92.9 Å². The van der Waals surface area contributed by atoms with E-state index >= 15 is 0 Å². The highest BCUT2D eigenvalue weighted by Crippen LogP contribution is 2.45. The molecule has 2 unspecified atom stereocenters. The van der Waals surface area contributed by atoms with Crippen LogP contribution >= 0.6 is 0 Å². The predicted octanol–water partition coefficient (Wildman–Crippen LogP) is 6.47. The van der Waals surface area contributed by atoms with Gasteiger partial charge in [0.15, 0.2) is 0 Å². The van der Waals surface area contributed by atoms with E-state index < -0.39 is 0 Å². The Morgan fingerprint density at radius 3 is 2.50 bits per heavy atom. The maximum absolute atomic E-state index is 13.7. The number of hydrogen-bond donors (Lipinski definition) is 2. The highest BCUT2D eigenvalue weighted by molar-refractivity contribution is 6.03. The molecule has 0 saturated carbocycles. The average molecular weight is 480 g/mol. The van der Waals surface area contributed by atoms with Gasteiger partial charge in [0.1, 0.15) is 6.54 Å². The van der Waals surface area contributed by atoms with Crippen LogP contribution in [0.3, 0.4) is 0 Å². The van der Waals surface area contributed by atoms with Crippen LogP contribution in [0, 0.1) is 0 Å². The first kappa shape index (κ1) is 23.9. The van der Waals surface area contributed by atoms with E-state index in [9.17, 15) is 9.59 Å². The van der Waals surface area contributed by atoms with Crippen LogP contribution in [0.2, 0.25) is 0 Å². The molecule has 2 atom stereocenters. The molecule has 1 aliphatic rings. The number of aromatic nitrogens is 1. The molecule has 3 aromatic carbocycles. The van der Waals surface area contributed by atoms with Gasteiger partial charge in [0.05, 0.1) is 11.7 Å². The Labute approximate surface area is 212 Å². The fourth-order valence-electron chi connectivity index (χ4n) is 5.37. The number of para-hydroxylation sites is 1. The number of nitrogens with zero attached hydrogens (tertiary/aromatic N) is 1. The van der Waals surface area contributed by atoms with Crippen LogP contribution in [0.4, 0.5) is 0 Å². The van der Waals surface area contributed by atoms with Gasteiger partial charge in [-0.2, -0.15) is 0 Å². The monoisotopic (exact) mass is 479 g/mol. The molecule has 0 bridgehead atoms. The molecule has 5 nitrogen and oxygen atoms in total. The standard InChI is InChI=1S/C31H33N3O2/c1-3-4-6-13-21(2)32-27(35)20-34-30(23-16-9-10-17-24(23)31(34)36)28-25-18-11-12-19-26(25)33-29(28)22-14-7-5-8-15-22/h5,7-12,14-19,21,30,33H,3-4,6,13,20H2,1-2H3,(H,32,35). The van der Waals surface area contributed by atoms with E-state index in [0.29, 0.717) is 5.56 Å². The number of hydrogen-bond acceptors (Lipinski definition) is 2. The van der Waals surface area contributed by atoms with Crippen molar-refractivity contribution in [2.24, 2.45) is 0 Å². The first-order valence-corrected chi connectivity index (χ1v) is 12.9. The van der Waals surface area contributed by atoms with Crippen molar-refractivity contribution in [2.45, 2.75) is 51.6 Å². The van der Waals surface area contributed by atoms with Crippen LogP contribution in [0.15, 0.2) is 78.9 Å². The minimum absolute atomic E-state index is 0.0179. The molecule has 2 heterocycles. The molecule has 0 spiro atoms. The normalized spacial score (nSPS) is 15.8. The summed E-state index contributed by atoms with van der Waals surface area (Å²) in [6, 6.07) is 25.8. The molecule has 5 heteroatoms. The van der Waals surface area contributed by atoms with E-state index in [1.807, 2.05) is 61.5 Å². The van der Waals surface area contributed by atoms with Gasteiger partial charge >= 0.3 is 0 Å². The quantitative estimate of drug-likeness (QED) is 0.270. The number of H-pyrrole nitrogens is 1. The first-order valence-electron chi connectivity index (χ1n) is 12.9. The number of nitrogens with one attached hydrogen (secondary N) is 2. The summed E-state index contributed by atoms with van der Waals surface area (Å²) in [5.74, 6) is -0.222. The second-order valence-corrected chi connectivity index (χ2v) is 9.71. The Balaban J connectivity index is 1.56. The molecule has 0 fully saturated rings. The lowest BCUT2D eigenvalue weighted by Gasteiger charge is -2.27. The van der Waals surface area contributed by atoms with Crippen LogP contribution in [0.1, 0.15) is 67.1 Å². The van der Waals surface area contributed by atoms with Gasteiger partial charge < -0.3 is 15.2 Å². The van der Waals surface area contributed by atoms with Gasteiger partial charge in [-0.3, -0.25) is 9.59 Å². The van der Waals surface area contributed by atoms with Gasteiger partial charge in [0.25, 0.3) is 5.91 Å². The molecule has 2 amide bonds. The summed E-state index contributed by atoms with van der Waals surface area (Å²) < 4.78 is 0. The van der Waals surface area contributed by atoms with Crippen molar-refractivity contribution < 1.29 is 9.59 Å². The van der Waals surface area contributed by atoms with E-state index in [-0.39, 0.29) is 30.4 Å². The van der Waals surface area contributed by atoms with Gasteiger partial charge in [0.2, 0.25) is 5.91 Å². The third-order valence-electron chi connectivity index (χ3n) is 7.10. The smallest absolute Gasteiger partial charge is 0.255 e. The minimum Gasteiger partial charge on any atom is -0.354 e. The van der Waals surface area contributed by atoms with Crippen molar-refractivity contribution in [2.75, 3.05) is 6.54 Å². The lowest BCUT2D eigenvalue weighted by Crippen LogP contribution is -2.42. The highest BCUT2D eigenvalue weighted by atomic mass is 16.2. The Bertz CT molecular complexity index is 1380. The molecule has 0 aliphatic carbocycles. The minimum atomic E-state index is -0.360. The van der Waals surface area contributed by atoms with Gasteiger partial charge in [-0.05, 0) is 36.6 Å². The molecule has 4 aromatic rings. The number of unbranched alkanes of at least 4 members (excludes halogenated alkanes) is 2. The number of rotatable bonds is 9. The Kier molecular flexibility index (Phi) is 6.90. The first-order chi connectivity index (χ1) is 17.6. The topological polar surface area (TPSA) is 65.2 Å². The van der Waals surface area contributed by atoms with Crippen LogP contribution < -0.4 is 5.32 Å². The summed E-state index contributed by atoms with van der Waals surface area (Å²) in [5.41, 5.74) is 5.67. The van der Waals surface area contributed by atoms with Crippen molar-refractivity contribution in [3.05, 3.63) is 95.6 Å². The van der Waals surface area contributed by atoms with Crippen LogP contribution in [-0.2, 0) is 4.79 Å². The Morgan fingerprint density at radius 1 is 0.972 bits per heavy atom. The van der Waals surface area contributed by atoms with E-state index in [0.717, 1.165) is 59.0 Å². The zero-order valence-electron chi connectivity index (χ0n) is 21.0. The van der Waals surface area contributed by atoms with E-state index in [1.54, 1.807) is 4.90 Å². The van der Waals surface area contributed by atoms with Gasteiger partial charge in [-0.25, -0.2) is 0 Å². The van der Waals surface area contributed by atoms with Gasteiger partial charge in [0, 0.05) is 28.1 Å². The van der Waals surface area contributed by atoms with E-state index in [1.165, 1.54) is 0 Å². The maximum atomic E-state index is 13.7. The molecule has 5 rings (SSSR count). The molecule has 0 radical (unpaired) electrons. The fourth-order valence-corrected chi connectivity index (χ4v) is 5.37. The summed E-state index contributed by atoms with van der Waals surface area (Å²) in [6.07, 6.45) is 4.34. The second kappa shape index (κ2) is 10.4. The van der Waals surface area contributed by atoms with Crippen LogP contribution in [0.25, 0.3) is 22.2 Å². The zero-order chi connectivity index (χ0) is 25.1. The van der Waals surface area contributed by atoms with Crippen molar-refractivity contribution in [3.63, 3.8) is 0 Å². The van der Waals surface area contributed by atoms with Crippen molar-refractivity contribution >= 4 is 22.7 Å². The third-order valence-corrected chi connectivity index (χ3v) is 7.10. The number of carbonyl (C=O) groups excluding carboxylic acids is 2. The lowest BCUT2D eigenvalue weighted by molar-refractivity contribution is -0.122. The third kappa shape index (κ3) is 4.53. The van der Waals surface area contributed by atoms with Gasteiger partial charge in [-0.15, -0.1) is 0 Å². The van der Waals surface area contributed by atoms with Crippen molar-refractivity contribution in [1.82, 2.24) is 15.2 Å². The summed E-state index contributed by atoms with van der Waals surface area (Å²) >= 11 is 0. The SMILES string of the molecule is CCCCCC(C)NC(=O)CN1C(=O)c2ccccc2C1c1c(-c2ccccc2)[nH]c2ccccc12. The molecule has 2 N–H and O–H groups in total. The summed E-state index contributed by atoms with van der Waals surface area (Å²) in [6.45, 7) is 4.23. The lowest BCUT2D eigenvalue weighted by atomic mass is 9.93. The van der Waals surface area contributed by atoms with Crippen LogP contribution in [-0.4, -0.2) is 34.3 Å². The molecule has 184 valence electrons. The zero-order valence-corrected chi connectivity index (χ0v) is 21.0. The molecular weight excluding hydrogens is 446 g/mol. The Hall–Kier alpha value is -3.86. The summed E-state index contributed by atoms with van der Waals surface area (Å²) in [5, 5.41) is 4.18. The van der Waals surface area contributed by atoms with Crippen LogP contribution in [0.5, 0.6) is 0 Å². The van der Waals surface area contributed by atoms with Crippen molar-refractivity contribution in [1.29, 1.82) is 0 Å². The fraction of sp³-hybridized carbons (Fsp3) is 0.290. The van der Waals surface area contributed by atoms with E-state index in [2.05, 4.69) is 41.5 Å².